The molecule has 0 aliphatic heterocycles. The summed E-state index contributed by atoms with van der Waals surface area (Å²) >= 11 is 0. The van der Waals surface area contributed by atoms with Crippen LogP contribution >= 0.6 is 0 Å². The van der Waals surface area contributed by atoms with E-state index in [0.717, 1.165) is 0 Å². The van der Waals surface area contributed by atoms with E-state index in [-0.39, 0.29) is 18.5 Å². The van der Waals surface area contributed by atoms with E-state index in [4.69, 9.17) is 4.74 Å². The highest BCUT2D eigenvalue weighted by Gasteiger charge is 2.14. The van der Waals surface area contributed by atoms with Crippen molar-refractivity contribution >= 4 is 17.8 Å². The highest BCUT2D eigenvalue weighted by atomic mass is 16.5. The lowest BCUT2D eigenvalue weighted by atomic mass is 10.5. The number of nitrogens with one attached hydrogen (secondary N) is 2. The second-order valence-corrected chi connectivity index (χ2v) is 3.66. The second kappa shape index (κ2) is 7.34. The predicted molar refractivity (Wildman–Crippen MR) is 72.5 cm³/mol. The summed E-state index contributed by atoms with van der Waals surface area (Å²) < 4.78 is 5.04. The maximum absolute atomic E-state index is 11.4. The minimum Gasteiger partial charge on any atom is -0.467 e. The van der Waals surface area contributed by atoms with Crippen molar-refractivity contribution in [2.75, 3.05) is 44.0 Å². The second-order valence-electron chi connectivity index (χ2n) is 3.66. The molecule has 0 saturated heterocycles. The predicted octanol–water partition coefficient (Wildman–Crippen LogP) is -0.116. The van der Waals surface area contributed by atoms with Crippen LogP contribution in [0.1, 0.15) is 13.8 Å². The van der Waals surface area contributed by atoms with Crippen LogP contribution < -0.4 is 20.3 Å². The Balaban J connectivity index is 3.00. The molecule has 106 valence electrons. The molecule has 1 heterocycles. The number of methoxy groups -OCH3 is 1. The standard InChI is InChI=1S/C11H20N6O2/c1-5-13-9-14-10(16-11(15-9)19-4)17(6-2)7-8(18)12-3/h5-7H2,1-4H3,(H,12,18)(H,13,14,15,16). The summed E-state index contributed by atoms with van der Waals surface area (Å²) in [4.78, 5) is 25.7. The van der Waals surface area contributed by atoms with Crippen LogP contribution in [0.15, 0.2) is 0 Å². The van der Waals surface area contributed by atoms with Gasteiger partial charge in [-0.1, -0.05) is 0 Å². The van der Waals surface area contributed by atoms with Gasteiger partial charge in [0.15, 0.2) is 0 Å². The molecule has 0 unspecified atom stereocenters. The normalized spacial score (nSPS) is 9.89. The van der Waals surface area contributed by atoms with Gasteiger partial charge in [0, 0.05) is 20.1 Å². The van der Waals surface area contributed by atoms with Gasteiger partial charge in [-0.2, -0.15) is 15.0 Å². The number of rotatable bonds is 7. The zero-order valence-corrected chi connectivity index (χ0v) is 11.7. The highest BCUT2D eigenvalue weighted by molar-refractivity contribution is 5.80. The molecular formula is C11H20N6O2. The number of hydrogen-bond donors (Lipinski definition) is 2. The van der Waals surface area contributed by atoms with Crippen LogP contribution in [0.25, 0.3) is 0 Å². The van der Waals surface area contributed by atoms with Crippen LogP contribution in [0.2, 0.25) is 0 Å². The van der Waals surface area contributed by atoms with Crippen molar-refractivity contribution in [3.05, 3.63) is 0 Å². The van der Waals surface area contributed by atoms with Crippen LogP contribution in [-0.4, -0.2) is 54.7 Å². The number of carbonyl (C=O) groups excluding carboxylic acids is 1. The zero-order valence-electron chi connectivity index (χ0n) is 11.7. The van der Waals surface area contributed by atoms with Crippen molar-refractivity contribution in [3.63, 3.8) is 0 Å². The fourth-order valence-electron chi connectivity index (χ4n) is 1.39. The quantitative estimate of drug-likeness (QED) is 0.712. The van der Waals surface area contributed by atoms with Gasteiger partial charge in [-0.25, -0.2) is 0 Å². The van der Waals surface area contributed by atoms with Crippen LogP contribution in [0.3, 0.4) is 0 Å². The summed E-state index contributed by atoms with van der Waals surface area (Å²) in [6, 6.07) is 0.219. The van der Waals surface area contributed by atoms with E-state index in [9.17, 15) is 4.79 Å². The largest absolute Gasteiger partial charge is 0.467 e. The van der Waals surface area contributed by atoms with E-state index in [0.29, 0.717) is 25.0 Å². The van der Waals surface area contributed by atoms with Gasteiger partial charge in [0.2, 0.25) is 17.8 Å². The first-order chi connectivity index (χ1) is 9.14. The third-order valence-electron chi connectivity index (χ3n) is 2.40. The molecule has 0 spiro atoms. The van der Waals surface area contributed by atoms with E-state index < -0.39 is 0 Å². The van der Waals surface area contributed by atoms with E-state index in [1.807, 2.05) is 13.8 Å². The summed E-state index contributed by atoms with van der Waals surface area (Å²) in [6.45, 7) is 5.34. The minimum atomic E-state index is -0.105. The van der Waals surface area contributed by atoms with Gasteiger partial charge in [0.1, 0.15) is 0 Å². The van der Waals surface area contributed by atoms with Gasteiger partial charge >= 0.3 is 6.01 Å². The van der Waals surface area contributed by atoms with Crippen molar-refractivity contribution in [2.24, 2.45) is 0 Å². The number of likely N-dealkylation sites (N-methyl/N-ethyl adjacent to an activating group) is 2. The first kappa shape index (κ1) is 14.9. The molecule has 19 heavy (non-hydrogen) atoms. The van der Waals surface area contributed by atoms with Gasteiger partial charge in [-0.3, -0.25) is 4.79 Å². The Hall–Kier alpha value is -2.12. The SMILES string of the molecule is CCNc1nc(OC)nc(N(CC)CC(=O)NC)n1. The van der Waals surface area contributed by atoms with Crippen molar-refractivity contribution in [1.29, 1.82) is 0 Å². The van der Waals surface area contributed by atoms with Crippen LogP contribution in [-0.2, 0) is 4.79 Å². The molecule has 2 N–H and O–H groups in total. The topological polar surface area (TPSA) is 92.3 Å². The lowest BCUT2D eigenvalue weighted by Crippen LogP contribution is -2.36. The molecule has 0 atom stereocenters. The van der Waals surface area contributed by atoms with Crippen LogP contribution in [0.5, 0.6) is 6.01 Å². The smallest absolute Gasteiger partial charge is 0.322 e. The van der Waals surface area contributed by atoms with Crippen molar-refractivity contribution in [2.45, 2.75) is 13.8 Å². The van der Waals surface area contributed by atoms with Crippen molar-refractivity contribution < 1.29 is 9.53 Å². The number of hydrogen-bond acceptors (Lipinski definition) is 7. The number of carbonyl (C=O) groups is 1. The summed E-state index contributed by atoms with van der Waals surface area (Å²) in [5.74, 6) is 0.736. The summed E-state index contributed by atoms with van der Waals surface area (Å²) in [5, 5.41) is 5.57. The Morgan fingerprint density at radius 1 is 1.32 bits per heavy atom. The molecule has 8 nitrogen and oxygen atoms in total. The molecule has 8 heteroatoms. The molecule has 1 amide bonds. The van der Waals surface area contributed by atoms with Gasteiger partial charge < -0.3 is 20.3 Å². The number of amides is 1. The fraction of sp³-hybridized carbons (Fsp3) is 0.636. The van der Waals surface area contributed by atoms with Gasteiger partial charge in [0.25, 0.3) is 0 Å². The lowest BCUT2D eigenvalue weighted by molar-refractivity contribution is -0.119. The highest BCUT2D eigenvalue weighted by Crippen LogP contribution is 2.14. The van der Waals surface area contributed by atoms with Gasteiger partial charge in [-0.05, 0) is 13.8 Å². The molecule has 0 aliphatic rings. The van der Waals surface area contributed by atoms with E-state index >= 15 is 0 Å². The summed E-state index contributed by atoms with van der Waals surface area (Å²) in [6.07, 6.45) is 0. The Kier molecular flexibility index (Phi) is 5.77. The number of anilines is 2. The molecule has 0 fully saturated rings. The lowest BCUT2D eigenvalue weighted by Gasteiger charge is -2.20. The van der Waals surface area contributed by atoms with Crippen LogP contribution in [0.4, 0.5) is 11.9 Å². The van der Waals surface area contributed by atoms with Crippen molar-refractivity contribution in [3.8, 4) is 6.01 Å². The Labute approximate surface area is 112 Å². The third-order valence-corrected chi connectivity index (χ3v) is 2.40. The Bertz CT molecular complexity index is 426. The molecule has 0 aliphatic carbocycles. The van der Waals surface area contributed by atoms with Gasteiger partial charge in [0.05, 0.1) is 13.7 Å². The van der Waals surface area contributed by atoms with E-state index in [2.05, 4.69) is 25.6 Å². The summed E-state index contributed by atoms with van der Waals surface area (Å²) in [5.41, 5.74) is 0. The Morgan fingerprint density at radius 2 is 2.05 bits per heavy atom. The number of aromatic nitrogens is 3. The molecule has 0 aromatic carbocycles. The van der Waals surface area contributed by atoms with Crippen LogP contribution in [0, 0.1) is 0 Å². The number of nitrogens with zero attached hydrogens (tertiary/aromatic N) is 4. The van der Waals surface area contributed by atoms with Crippen molar-refractivity contribution in [1.82, 2.24) is 20.3 Å². The Morgan fingerprint density at radius 3 is 2.58 bits per heavy atom. The molecule has 1 rings (SSSR count). The van der Waals surface area contributed by atoms with E-state index in [1.54, 1.807) is 11.9 Å². The first-order valence-corrected chi connectivity index (χ1v) is 6.14. The average molecular weight is 268 g/mol. The third kappa shape index (κ3) is 4.23. The molecule has 0 saturated carbocycles. The number of ether oxygens (including phenoxy) is 1. The molecule has 0 radical (unpaired) electrons. The van der Waals surface area contributed by atoms with Gasteiger partial charge in [-0.15, -0.1) is 0 Å². The minimum absolute atomic E-state index is 0.105. The molecule has 0 bridgehead atoms. The summed E-state index contributed by atoms with van der Waals surface area (Å²) in [7, 11) is 3.08. The maximum atomic E-state index is 11.4. The average Bonchev–Trinajstić information content (AvgIpc) is 2.44. The van der Waals surface area contributed by atoms with E-state index in [1.165, 1.54) is 7.11 Å². The zero-order chi connectivity index (χ0) is 14.3. The molecule has 1 aromatic rings. The monoisotopic (exact) mass is 268 g/mol. The first-order valence-electron chi connectivity index (χ1n) is 6.14. The molecular weight excluding hydrogens is 248 g/mol. The molecule has 1 aromatic heterocycles. The maximum Gasteiger partial charge on any atom is 0.322 e. The fourth-order valence-corrected chi connectivity index (χ4v) is 1.39.